The molecule has 0 unspecified atom stereocenters. The quantitative estimate of drug-likeness (QED) is 0.824. The maximum absolute atomic E-state index is 13.1. The number of hydrogen-bond donors (Lipinski definition) is 0. The number of amides is 1. The predicted octanol–water partition coefficient (Wildman–Crippen LogP) is 2.89. The topological polar surface area (TPSA) is 57.7 Å². The molecule has 1 heterocycles. The van der Waals surface area contributed by atoms with Crippen molar-refractivity contribution in [3.63, 3.8) is 0 Å². The van der Waals surface area contributed by atoms with Crippen molar-refractivity contribution in [3.8, 4) is 0 Å². The highest BCUT2D eigenvalue weighted by molar-refractivity contribution is 7.89. The van der Waals surface area contributed by atoms with Gasteiger partial charge in [-0.25, -0.2) is 12.8 Å². The lowest BCUT2D eigenvalue weighted by Crippen LogP contribution is -2.45. The fourth-order valence-electron chi connectivity index (χ4n) is 3.17. The molecule has 7 heteroatoms. The first-order valence-corrected chi connectivity index (χ1v) is 9.92. The summed E-state index contributed by atoms with van der Waals surface area (Å²) in [6.45, 7) is 0.558. The molecule has 26 heavy (non-hydrogen) atoms. The molecule has 0 bridgehead atoms. The number of carbonyl (C=O) groups is 1. The monoisotopic (exact) mass is 376 g/mol. The number of anilines is 1. The molecule has 1 atom stereocenters. The Bertz CT molecular complexity index is 869. The first-order chi connectivity index (χ1) is 12.4. The third kappa shape index (κ3) is 3.78. The van der Waals surface area contributed by atoms with E-state index >= 15 is 0 Å². The van der Waals surface area contributed by atoms with Crippen LogP contribution in [0.25, 0.3) is 0 Å². The Balaban J connectivity index is 1.75. The lowest BCUT2D eigenvalue weighted by Gasteiger charge is -2.33. The highest BCUT2D eigenvalue weighted by atomic mass is 32.2. The van der Waals surface area contributed by atoms with Crippen LogP contribution in [0.3, 0.4) is 0 Å². The van der Waals surface area contributed by atoms with E-state index in [1.165, 1.54) is 33.5 Å². The summed E-state index contributed by atoms with van der Waals surface area (Å²) < 4.78 is 40.0. The van der Waals surface area contributed by atoms with Crippen LogP contribution in [0.15, 0.2) is 59.5 Å². The van der Waals surface area contributed by atoms with Crippen molar-refractivity contribution in [2.24, 2.45) is 5.92 Å². The van der Waals surface area contributed by atoms with E-state index in [0.717, 1.165) is 0 Å². The molecular formula is C19H21FN2O3S. The van der Waals surface area contributed by atoms with Crippen molar-refractivity contribution < 1.29 is 17.6 Å². The Morgan fingerprint density at radius 2 is 1.77 bits per heavy atom. The molecular weight excluding hydrogens is 355 g/mol. The molecule has 0 spiro atoms. The Labute approximate surface area is 153 Å². The van der Waals surface area contributed by atoms with Gasteiger partial charge in [-0.3, -0.25) is 4.79 Å². The molecule has 0 N–H and O–H groups in total. The summed E-state index contributed by atoms with van der Waals surface area (Å²) in [5.41, 5.74) is 0.583. The van der Waals surface area contributed by atoms with Gasteiger partial charge in [0.15, 0.2) is 0 Å². The van der Waals surface area contributed by atoms with Crippen LogP contribution in [0.2, 0.25) is 0 Å². The van der Waals surface area contributed by atoms with Gasteiger partial charge >= 0.3 is 0 Å². The zero-order chi connectivity index (χ0) is 18.7. The van der Waals surface area contributed by atoms with Crippen LogP contribution in [-0.2, 0) is 14.8 Å². The molecule has 0 aliphatic carbocycles. The van der Waals surface area contributed by atoms with Crippen LogP contribution in [0.4, 0.5) is 10.1 Å². The highest BCUT2D eigenvalue weighted by Gasteiger charge is 2.34. The van der Waals surface area contributed by atoms with Crippen molar-refractivity contribution >= 4 is 21.6 Å². The second-order valence-corrected chi connectivity index (χ2v) is 8.33. The number of benzene rings is 2. The maximum atomic E-state index is 13.1. The van der Waals surface area contributed by atoms with Gasteiger partial charge in [-0.15, -0.1) is 0 Å². The second kappa shape index (κ2) is 7.55. The average molecular weight is 376 g/mol. The molecule has 5 nitrogen and oxygen atoms in total. The number of rotatable bonds is 4. The lowest BCUT2D eigenvalue weighted by molar-refractivity contribution is -0.123. The Hall–Kier alpha value is -2.25. The van der Waals surface area contributed by atoms with E-state index in [1.807, 2.05) is 0 Å². The van der Waals surface area contributed by atoms with Crippen LogP contribution in [0.1, 0.15) is 12.8 Å². The van der Waals surface area contributed by atoms with Crippen molar-refractivity contribution in [1.29, 1.82) is 0 Å². The van der Waals surface area contributed by atoms with Crippen LogP contribution in [-0.4, -0.2) is 38.8 Å². The van der Waals surface area contributed by atoms with E-state index in [1.54, 1.807) is 37.4 Å². The summed E-state index contributed by atoms with van der Waals surface area (Å²) in [5.74, 6) is -0.950. The number of hydrogen-bond acceptors (Lipinski definition) is 3. The summed E-state index contributed by atoms with van der Waals surface area (Å²) in [5, 5.41) is 0. The fraction of sp³-hybridized carbons (Fsp3) is 0.316. The van der Waals surface area contributed by atoms with Gasteiger partial charge in [-0.1, -0.05) is 18.2 Å². The fourth-order valence-corrected chi connectivity index (χ4v) is 4.71. The van der Waals surface area contributed by atoms with Crippen molar-refractivity contribution in [3.05, 3.63) is 60.4 Å². The first-order valence-electron chi connectivity index (χ1n) is 8.48. The zero-order valence-electron chi connectivity index (χ0n) is 14.5. The molecule has 1 fully saturated rings. The normalized spacial score (nSPS) is 18.5. The van der Waals surface area contributed by atoms with Gasteiger partial charge in [-0.05, 0) is 49.2 Å². The second-order valence-electron chi connectivity index (χ2n) is 6.39. The zero-order valence-corrected chi connectivity index (χ0v) is 15.3. The van der Waals surface area contributed by atoms with Gasteiger partial charge in [0.2, 0.25) is 15.9 Å². The Kier molecular flexibility index (Phi) is 5.38. The number of carbonyl (C=O) groups excluding carboxylic acids is 1. The van der Waals surface area contributed by atoms with Gasteiger partial charge in [0.05, 0.1) is 10.8 Å². The standard InChI is InChI=1S/C19H21FN2O3S/c1-21(17-11-9-16(20)10-12-17)19(23)15-6-5-13-22(14-15)26(24,25)18-7-3-2-4-8-18/h2-4,7-12,15H,5-6,13-14H2,1H3/t15-/m0/s1. The molecule has 0 aromatic heterocycles. The summed E-state index contributed by atoms with van der Waals surface area (Å²) in [7, 11) is -1.99. The molecule has 1 saturated heterocycles. The van der Waals surface area contributed by atoms with E-state index in [-0.39, 0.29) is 23.2 Å². The van der Waals surface area contributed by atoms with E-state index in [4.69, 9.17) is 0 Å². The van der Waals surface area contributed by atoms with Gasteiger partial charge < -0.3 is 4.90 Å². The van der Waals surface area contributed by atoms with E-state index in [0.29, 0.717) is 25.1 Å². The van der Waals surface area contributed by atoms with E-state index in [9.17, 15) is 17.6 Å². The number of halogens is 1. The van der Waals surface area contributed by atoms with Crippen LogP contribution in [0, 0.1) is 11.7 Å². The highest BCUT2D eigenvalue weighted by Crippen LogP contribution is 2.26. The Morgan fingerprint density at radius 3 is 2.42 bits per heavy atom. The molecule has 1 amide bonds. The number of sulfonamides is 1. The first kappa shape index (κ1) is 18.5. The molecule has 1 aliphatic rings. The van der Waals surface area contributed by atoms with Crippen LogP contribution in [0.5, 0.6) is 0 Å². The van der Waals surface area contributed by atoms with E-state index < -0.39 is 15.9 Å². The molecule has 0 radical (unpaired) electrons. The number of nitrogens with zero attached hydrogens (tertiary/aromatic N) is 2. The summed E-state index contributed by atoms with van der Waals surface area (Å²) in [6, 6.07) is 13.9. The minimum atomic E-state index is -3.61. The molecule has 2 aromatic carbocycles. The minimum absolute atomic E-state index is 0.154. The van der Waals surface area contributed by atoms with E-state index in [2.05, 4.69) is 0 Å². The third-order valence-electron chi connectivity index (χ3n) is 4.66. The van der Waals surface area contributed by atoms with Gasteiger partial charge in [0, 0.05) is 25.8 Å². The van der Waals surface area contributed by atoms with Crippen LogP contribution >= 0.6 is 0 Å². The molecule has 1 aliphatic heterocycles. The van der Waals surface area contributed by atoms with Crippen molar-refractivity contribution in [2.75, 3.05) is 25.0 Å². The third-order valence-corrected chi connectivity index (χ3v) is 6.54. The Morgan fingerprint density at radius 1 is 1.12 bits per heavy atom. The van der Waals surface area contributed by atoms with Gasteiger partial charge in [0.1, 0.15) is 5.82 Å². The van der Waals surface area contributed by atoms with Crippen LogP contribution < -0.4 is 4.90 Å². The molecule has 138 valence electrons. The van der Waals surface area contributed by atoms with Gasteiger partial charge in [0.25, 0.3) is 0 Å². The lowest BCUT2D eigenvalue weighted by atomic mass is 9.98. The predicted molar refractivity (Wildman–Crippen MR) is 97.7 cm³/mol. The average Bonchev–Trinajstić information content (AvgIpc) is 2.68. The minimum Gasteiger partial charge on any atom is -0.315 e. The molecule has 2 aromatic rings. The van der Waals surface area contributed by atoms with Crippen molar-refractivity contribution in [1.82, 2.24) is 4.31 Å². The summed E-state index contributed by atoms with van der Waals surface area (Å²) in [4.78, 5) is 14.5. The maximum Gasteiger partial charge on any atom is 0.243 e. The van der Waals surface area contributed by atoms with Crippen molar-refractivity contribution in [2.45, 2.75) is 17.7 Å². The molecule has 3 rings (SSSR count). The largest absolute Gasteiger partial charge is 0.315 e. The number of piperidine rings is 1. The molecule has 0 saturated carbocycles. The smallest absolute Gasteiger partial charge is 0.243 e. The SMILES string of the molecule is CN(C(=O)[C@H]1CCCN(S(=O)(=O)c2ccccc2)C1)c1ccc(F)cc1. The summed E-state index contributed by atoms with van der Waals surface area (Å²) >= 11 is 0. The van der Waals surface area contributed by atoms with Gasteiger partial charge in [-0.2, -0.15) is 4.31 Å². The summed E-state index contributed by atoms with van der Waals surface area (Å²) in [6.07, 6.45) is 1.25.